The fraction of sp³-hybridized carbons (Fsp3) is 0.889. The van der Waals surface area contributed by atoms with Gasteiger partial charge in [-0.3, -0.25) is 0 Å². The lowest BCUT2D eigenvalue weighted by Crippen LogP contribution is -2.29. The van der Waals surface area contributed by atoms with E-state index in [0.29, 0.717) is 0 Å². The Labute approximate surface area is 85.9 Å². The van der Waals surface area contributed by atoms with Crippen LogP contribution >= 0.6 is 24.0 Å². The second-order valence-electron chi connectivity index (χ2n) is 2.81. The molecule has 3 heteroatoms. The number of nitrogens with zero attached hydrogens (tertiary/aromatic N) is 1. The van der Waals surface area contributed by atoms with E-state index in [2.05, 4.69) is 25.0 Å². The maximum absolute atomic E-state index is 5.24. The summed E-state index contributed by atoms with van der Waals surface area (Å²) >= 11 is 6.93. The summed E-state index contributed by atoms with van der Waals surface area (Å²) in [5.74, 6) is 0. The minimum absolute atomic E-state index is 1.05. The lowest BCUT2D eigenvalue weighted by Gasteiger charge is -2.23. The highest BCUT2D eigenvalue weighted by molar-refractivity contribution is 8.22. The van der Waals surface area contributed by atoms with Crippen molar-refractivity contribution in [3.8, 4) is 0 Å². The number of hydrogen-bond acceptors (Lipinski definition) is 2. The van der Waals surface area contributed by atoms with E-state index in [0.717, 1.165) is 17.4 Å². The maximum Gasteiger partial charge on any atom is 0.136 e. The van der Waals surface area contributed by atoms with Gasteiger partial charge in [-0.2, -0.15) is 0 Å². The first-order valence-electron chi connectivity index (χ1n) is 4.59. The molecule has 0 heterocycles. The van der Waals surface area contributed by atoms with Crippen LogP contribution in [-0.2, 0) is 0 Å². The molecule has 1 nitrogen and oxygen atoms in total. The van der Waals surface area contributed by atoms with Gasteiger partial charge in [-0.1, -0.05) is 32.5 Å². The van der Waals surface area contributed by atoms with E-state index in [1.54, 1.807) is 11.8 Å². The Morgan fingerprint density at radius 3 is 2.33 bits per heavy atom. The number of unbranched alkanes of at least 4 members (excludes halogenated alkanes) is 1. The Hall–Kier alpha value is 0.240. The third kappa shape index (κ3) is 4.99. The van der Waals surface area contributed by atoms with Crippen LogP contribution in [-0.4, -0.2) is 28.6 Å². The Bertz CT molecular complexity index is 126. The molecule has 0 unspecified atom stereocenters. The molecule has 0 bridgehead atoms. The summed E-state index contributed by atoms with van der Waals surface area (Å²) in [6.45, 7) is 6.65. The van der Waals surface area contributed by atoms with Crippen LogP contribution < -0.4 is 0 Å². The second-order valence-corrected chi connectivity index (χ2v) is 4.25. The van der Waals surface area contributed by atoms with E-state index >= 15 is 0 Å². The van der Waals surface area contributed by atoms with Gasteiger partial charge in [-0.25, -0.2) is 0 Å². The highest BCUT2D eigenvalue weighted by Crippen LogP contribution is 2.07. The predicted octanol–water partition coefficient (Wildman–Crippen LogP) is 3.15. The molecule has 0 atom stereocenters. The molecule has 0 amide bonds. The van der Waals surface area contributed by atoms with Crippen molar-refractivity contribution in [1.82, 2.24) is 4.90 Å². The first-order chi connectivity index (χ1) is 5.76. The van der Waals surface area contributed by atoms with Crippen molar-refractivity contribution in [2.45, 2.75) is 33.1 Å². The molecule has 0 aliphatic carbocycles. The summed E-state index contributed by atoms with van der Waals surface area (Å²) in [6.07, 6.45) is 5.74. The maximum atomic E-state index is 5.24. The minimum atomic E-state index is 1.05. The van der Waals surface area contributed by atoms with Gasteiger partial charge in [0.2, 0.25) is 0 Å². The van der Waals surface area contributed by atoms with E-state index in [1.807, 2.05) is 0 Å². The molecule has 0 aliphatic heterocycles. The fourth-order valence-corrected chi connectivity index (χ4v) is 1.67. The van der Waals surface area contributed by atoms with Gasteiger partial charge >= 0.3 is 0 Å². The molecule has 72 valence electrons. The molecule has 0 fully saturated rings. The van der Waals surface area contributed by atoms with Crippen LogP contribution in [0, 0.1) is 0 Å². The molecular weight excluding hydrogens is 186 g/mol. The first kappa shape index (κ1) is 12.2. The lowest BCUT2D eigenvalue weighted by atomic mass is 10.3. The van der Waals surface area contributed by atoms with Crippen LogP contribution in [0.15, 0.2) is 0 Å². The molecule has 0 aromatic carbocycles. The Balaban J connectivity index is 3.76. The van der Waals surface area contributed by atoms with Crippen molar-refractivity contribution in [2.24, 2.45) is 0 Å². The highest BCUT2D eigenvalue weighted by atomic mass is 32.2. The number of rotatable bonds is 5. The monoisotopic (exact) mass is 205 g/mol. The number of thiocarbonyl (C=S) groups is 1. The van der Waals surface area contributed by atoms with Crippen molar-refractivity contribution in [1.29, 1.82) is 0 Å². The first-order valence-corrected chi connectivity index (χ1v) is 6.22. The molecule has 0 aromatic heterocycles. The van der Waals surface area contributed by atoms with Gasteiger partial charge in [0.1, 0.15) is 4.32 Å². The molecule has 0 aliphatic rings. The van der Waals surface area contributed by atoms with Gasteiger partial charge in [-0.15, -0.1) is 11.8 Å². The van der Waals surface area contributed by atoms with Gasteiger partial charge in [0.05, 0.1) is 0 Å². The zero-order valence-corrected chi connectivity index (χ0v) is 9.93. The van der Waals surface area contributed by atoms with Crippen molar-refractivity contribution in [3.63, 3.8) is 0 Å². The van der Waals surface area contributed by atoms with Crippen LogP contribution in [0.25, 0.3) is 0 Å². The zero-order chi connectivity index (χ0) is 9.40. The zero-order valence-electron chi connectivity index (χ0n) is 8.30. The normalized spacial score (nSPS) is 9.92. The van der Waals surface area contributed by atoms with Gasteiger partial charge in [0.15, 0.2) is 0 Å². The third-order valence-electron chi connectivity index (χ3n) is 1.71. The molecule has 0 rings (SSSR count). The fourth-order valence-electron chi connectivity index (χ4n) is 1.04. The summed E-state index contributed by atoms with van der Waals surface area (Å²) in [4.78, 5) is 2.31. The van der Waals surface area contributed by atoms with Gasteiger partial charge in [0, 0.05) is 13.1 Å². The largest absolute Gasteiger partial charge is 0.358 e. The topological polar surface area (TPSA) is 3.24 Å². The van der Waals surface area contributed by atoms with Crippen molar-refractivity contribution < 1.29 is 0 Å². The molecular formula is C9H19NS2. The SMILES string of the molecule is CCCCN(CCC)C(=S)SC. The van der Waals surface area contributed by atoms with Crippen molar-refractivity contribution >= 4 is 28.3 Å². The van der Waals surface area contributed by atoms with E-state index in [1.165, 1.54) is 19.3 Å². The quantitative estimate of drug-likeness (QED) is 0.635. The molecule has 12 heavy (non-hydrogen) atoms. The molecule has 0 N–H and O–H groups in total. The minimum Gasteiger partial charge on any atom is -0.358 e. The third-order valence-corrected chi connectivity index (χ3v) is 3.07. The molecule has 0 radical (unpaired) electrons. The Morgan fingerprint density at radius 2 is 1.92 bits per heavy atom. The van der Waals surface area contributed by atoms with Crippen LogP contribution in [0.4, 0.5) is 0 Å². The van der Waals surface area contributed by atoms with Crippen molar-refractivity contribution in [3.05, 3.63) is 0 Å². The van der Waals surface area contributed by atoms with Crippen LogP contribution in [0.1, 0.15) is 33.1 Å². The summed E-state index contributed by atoms with van der Waals surface area (Å²) in [5.41, 5.74) is 0. The molecule has 0 saturated heterocycles. The highest BCUT2D eigenvalue weighted by Gasteiger charge is 2.05. The van der Waals surface area contributed by atoms with Crippen LogP contribution in [0.2, 0.25) is 0 Å². The average molecular weight is 205 g/mol. The summed E-state index contributed by atoms with van der Waals surface area (Å²) in [5, 5.41) is 0. The summed E-state index contributed by atoms with van der Waals surface area (Å²) in [6, 6.07) is 0. The van der Waals surface area contributed by atoms with E-state index in [9.17, 15) is 0 Å². The van der Waals surface area contributed by atoms with E-state index in [-0.39, 0.29) is 0 Å². The van der Waals surface area contributed by atoms with E-state index in [4.69, 9.17) is 12.2 Å². The van der Waals surface area contributed by atoms with Crippen molar-refractivity contribution in [2.75, 3.05) is 19.3 Å². The Morgan fingerprint density at radius 1 is 1.25 bits per heavy atom. The second kappa shape index (κ2) is 7.87. The summed E-state index contributed by atoms with van der Waals surface area (Å²) < 4.78 is 1.05. The van der Waals surface area contributed by atoms with Gasteiger partial charge in [-0.05, 0) is 19.1 Å². The van der Waals surface area contributed by atoms with Crippen LogP contribution in [0.5, 0.6) is 0 Å². The number of hydrogen-bond donors (Lipinski definition) is 0. The van der Waals surface area contributed by atoms with Gasteiger partial charge < -0.3 is 4.90 Å². The Kier molecular flexibility index (Phi) is 8.02. The van der Waals surface area contributed by atoms with E-state index < -0.39 is 0 Å². The number of thioether (sulfide) groups is 1. The summed E-state index contributed by atoms with van der Waals surface area (Å²) in [7, 11) is 0. The smallest absolute Gasteiger partial charge is 0.136 e. The molecule has 0 spiro atoms. The van der Waals surface area contributed by atoms with Crippen LogP contribution in [0.3, 0.4) is 0 Å². The lowest BCUT2D eigenvalue weighted by molar-refractivity contribution is 0.420. The van der Waals surface area contributed by atoms with Gasteiger partial charge in [0.25, 0.3) is 0 Å². The standard InChI is InChI=1S/C9H19NS2/c1-4-6-8-10(7-5-2)9(11)12-3/h4-8H2,1-3H3. The molecule has 0 aromatic rings. The molecule has 0 saturated carbocycles. The predicted molar refractivity (Wildman–Crippen MR) is 62.9 cm³/mol. The average Bonchev–Trinajstić information content (AvgIpc) is 2.11.